The summed E-state index contributed by atoms with van der Waals surface area (Å²) < 4.78 is 48.7. The number of imidazole rings is 1. The average Bonchev–Trinajstić information content (AvgIpc) is 3.17. The fourth-order valence-electron chi connectivity index (χ4n) is 4.02. The fourth-order valence-corrected chi connectivity index (χ4v) is 5.63. The van der Waals surface area contributed by atoms with Crippen molar-refractivity contribution in [2.45, 2.75) is 50.4 Å². The SMILES string of the molecule is COc1nc(N)nc2c1ncn2[C@@H]1O[C@@H]2COP(=O)(OC(C)C)O[C@H]2[C@]12CCO2. The molecule has 12 nitrogen and oxygen atoms in total. The molecule has 13 heteroatoms. The number of phosphoric ester groups is 1. The van der Waals surface area contributed by atoms with Gasteiger partial charge in [-0.15, -0.1) is 0 Å². The molecule has 1 spiro atoms. The van der Waals surface area contributed by atoms with E-state index in [9.17, 15) is 4.57 Å². The molecule has 5 rings (SSSR count). The van der Waals surface area contributed by atoms with Crippen LogP contribution in [-0.4, -0.2) is 63.8 Å². The van der Waals surface area contributed by atoms with Crippen LogP contribution < -0.4 is 10.5 Å². The van der Waals surface area contributed by atoms with E-state index >= 15 is 0 Å². The van der Waals surface area contributed by atoms with Crippen LogP contribution in [0.2, 0.25) is 0 Å². The van der Waals surface area contributed by atoms with Crippen LogP contribution in [0.25, 0.3) is 11.2 Å². The minimum absolute atomic E-state index is 0.0458. The van der Waals surface area contributed by atoms with Gasteiger partial charge in [0.1, 0.15) is 17.8 Å². The highest BCUT2D eigenvalue weighted by molar-refractivity contribution is 7.48. The summed E-state index contributed by atoms with van der Waals surface area (Å²) in [5.74, 6) is 0.309. The van der Waals surface area contributed by atoms with E-state index in [0.717, 1.165) is 0 Å². The molecule has 0 aliphatic carbocycles. The molecule has 3 aliphatic heterocycles. The third kappa shape index (κ3) is 2.86. The van der Waals surface area contributed by atoms with Crippen molar-refractivity contribution in [2.24, 2.45) is 0 Å². The number of phosphoric acid groups is 1. The third-order valence-electron chi connectivity index (χ3n) is 5.24. The molecule has 2 aromatic heterocycles. The van der Waals surface area contributed by atoms with E-state index in [1.54, 1.807) is 24.7 Å². The zero-order valence-corrected chi connectivity index (χ0v) is 17.1. The number of methoxy groups -OCH3 is 1. The molecule has 5 heterocycles. The molecule has 158 valence electrons. The summed E-state index contributed by atoms with van der Waals surface area (Å²) in [6.45, 7) is 4.10. The first-order valence-electron chi connectivity index (χ1n) is 9.30. The number of hydrogen-bond donors (Lipinski definition) is 1. The molecule has 0 amide bonds. The molecule has 2 N–H and O–H groups in total. The number of nitrogens with two attached hydrogens (primary N) is 1. The summed E-state index contributed by atoms with van der Waals surface area (Å²) >= 11 is 0. The maximum Gasteiger partial charge on any atom is 0.475 e. The number of fused-ring (bicyclic) bond motifs is 3. The highest BCUT2D eigenvalue weighted by atomic mass is 31.2. The van der Waals surface area contributed by atoms with Crippen molar-refractivity contribution in [3.05, 3.63) is 6.33 Å². The van der Waals surface area contributed by atoms with Crippen molar-refractivity contribution < 1.29 is 32.3 Å². The molecule has 0 radical (unpaired) electrons. The standard InChI is InChI=1S/C16H22N5O7P/c1-8(2)27-29(22)25-6-9-11(28-29)16(4-5-24-16)14(26-9)21-7-18-10-12(21)19-15(17)20-13(10)23-3/h7-9,11,14H,4-6H2,1-3H3,(H2,17,19,20)/t9-,11-,14-,16-,29?/m1/s1. The molecule has 3 saturated heterocycles. The lowest BCUT2D eigenvalue weighted by Crippen LogP contribution is -2.58. The molecule has 0 aromatic carbocycles. The second-order valence-corrected chi connectivity index (χ2v) is 8.99. The first-order chi connectivity index (χ1) is 13.8. The Morgan fingerprint density at radius 3 is 2.86 bits per heavy atom. The molecule has 29 heavy (non-hydrogen) atoms. The molecule has 3 fully saturated rings. The topological polar surface area (TPSA) is 142 Å². The van der Waals surface area contributed by atoms with Crippen molar-refractivity contribution in [1.29, 1.82) is 0 Å². The Morgan fingerprint density at radius 1 is 1.41 bits per heavy atom. The zero-order chi connectivity index (χ0) is 20.4. The van der Waals surface area contributed by atoms with E-state index in [2.05, 4.69) is 15.0 Å². The molecule has 0 bridgehead atoms. The van der Waals surface area contributed by atoms with Crippen molar-refractivity contribution in [2.75, 3.05) is 26.1 Å². The van der Waals surface area contributed by atoms with Gasteiger partial charge < -0.3 is 19.9 Å². The summed E-state index contributed by atoms with van der Waals surface area (Å²) in [4.78, 5) is 12.7. The number of ether oxygens (including phenoxy) is 3. The lowest BCUT2D eigenvalue weighted by atomic mass is 9.86. The highest BCUT2D eigenvalue weighted by Crippen LogP contribution is 2.62. The molecule has 3 aliphatic rings. The van der Waals surface area contributed by atoms with Gasteiger partial charge in [0.25, 0.3) is 0 Å². The molecule has 2 aromatic rings. The highest BCUT2D eigenvalue weighted by Gasteiger charge is 2.66. The van der Waals surface area contributed by atoms with Crippen molar-refractivity contribution in [1.82, 2.24) is 19.5 Å². The van der Waals surface area contributed by atoms with E-state index in [4.69, 9.17) is 33.5 Å². The number of hydrogen-bond acceptors (Lipinski definition) is 11. The lowest BCUT2D eigenvalue weighted by Gasteiger charge is -2.46. The number of aromatic nitrogens is 4. The minimum Gasteiger partial charge on any atom is -0.479 e. The van der Waals surface area contributed by atoms with Crippen LogP contribution in [0.3, 0.4) is 0 Å². The Balaban J connectivity index is 1.54. The summed E-state index contributed by atoms with van der Waals surface area (Å²) in [5, 5.41) is 0. The Kier molecular flexibility index (Phi) is 4.36. The number of nitrogens with zero attached hydrogens (tertiary/aromatic N) is 4. The van der Waals surface area contributed by atoms with Crippen molar-refractivity contribution >= 4 is 24.9 Å². The van der Waals surface area contributed by atoms with Crippen LogP contribution in [0.4, 0.5) is 5.95 Å². The second kappa shape index (κ2) is 6.59. The van der Waals surface area contributed by atoms with Crippen LogP contribution in [0, 0.1) is 0 Å². The molecular weight excluding hydrogens is 405 g/mol. The summed E-state index contributed by atoms with van der Waals surface area (Å²) in [6.07, 6.45) is 0.133. The van der Waals surface area contributed by atoms with Crippen LogP contribution in [0.1, 0.15) is 26.5 Å². The Morgan fingerprint density at radius 2 is 2.21 bits per heavy atom. The average molecular weight is 427 g/mol. The Bertz CT molecular complexity index is 993. The van der Waals surface area contributed by atoms with Gasteiger partial charge in [-0.2, -0.15) is 9.97 Å². The van der Waals surface area contributed by atoms with Gasteiger partial charge in [0.15, 0.2) is 17.4 Å². The van der Waals surface area contributed by atoms with Gasteiger partial charge in [0.2, 0.25) is 11.8 Å². The maximum atomic E-state index is 12.9. The first-order valence-corrected chi connectivity index (χ1v) is 10.8. The normalized spacial score (nSPS) is 36.5. The Hall–Kier alpha value is -1.82. The van der Waals surface area contributed by atoms with Crippen molar-refractivity contribution in [3.63, 3.8) is 0 Å². The lowest BCUT2D eigenvalue weighted by molar-refractivity contribution is -0.224. The third-order valence-corrected chi connectivity index (χ3v) is 6.87. The summed E-state index contributed by atoms with van der Waals surface area (Å²) in [7, 11) is -2.24. The van der Waals surface area contributed by atoms with Gasteiger partial charge in [-0.3, -0.25) is 18.1 Å². The molecule has 5 atom stereocenters. The summed E-state index contributed by atoms with van der Waals surface area (Å²) in [5.41, 5.74) is 5.84. The number of nitrogen functional groups attached to an aromatic ring is 1. The van der Waals surface area contributed by atoms with Gasteiger partial charge in [-0.05, 0) is 13.8 Å². The van der Waals surface area contributed by atoms with Crippen molar-refractivity contribution in [3.8, 4) is 5.88 Å². The van der Waals surface area contributed by atoms with Crippen LogP contribution >= 0.6 is 7.82 Å². The first kappa shape index (κ1) is 19.2. The predicted octanol–water partition coefficient (Wildman–Crippen LogP) is 1.42. The molecule has 1 unspecified atom stereocenters. The number of anilines is 1. The van der Waals surface area contributed by atoms with Gasteiger partial charge >= 0.3 is 7.82 Å². The van der Waals surface area contributed by atoms with Crippen LogP contribution in [0.5, 0.6) is 5.88 Å². The minimum atomic E-state index is -3.72. The summed E-state index contributed by atoms with van der Waals surface area (Å²) in [6, 6.07) is 0. The van der Waals surface area contributed by atoms with E-state index in [-0.39, 0.29) is 24.5 Å². The molecular formula is C16H22N5O7P. The second-order valence-electron chi connectivity index (χ2n) is 7.42. The predicted molar refractivity (Wildman–Crippen MR) is 98.1 cm³/mol. The van der Waals surface area contributed by atoms with Gasteiger partial charge in [-0.1, -0.05) is 0 Å². The van der Waals surface area contributed by atoms with E-state index < -0.39 is 31.9 Å². The van der Waals surface area contributed by atoms with E-state index in [1.807, 2.05) is 0 Å². The monoisotopic (exact) mass is 427 g/mol. The molecule has 0 saturated carbocycles. The van der Waals surface area contributed by atoms with E-state index in [1.165, 1.54) is 7.11 Å². The quantitative estimate of drug-likeness (QED) is 0.708. The maximum absolute atomic E-state index is 12.9. The van der Waals surface area contributed by atoms with Gasteiger partial charge in [-0.25, -0.2) is 9.55 Å². The van der Waals surface area contributed by atoms with E-state index in [0.29, 0.717) is 24.2 Å². The largest absolute Gasteiger partial charge is 0.479 e. The van der Waals surface area contributed by atoms with Gasteiger partial charge in [0, 0.05) is 6.42 Å². The van der Waals surface area contributed by atoms with Crippen LogP contribution in [0.15, 0.2) is 6.33 Å². The zero-order valence-electron chi connectivity index (χ0n) is 16.2. The fraction of sp³-hybridized carbons (Fsp3) is 0.688. The van der Waals surface area contributed by atoms with Gasteiger partial charge in [0.05, 0.1) is 32.8 Å². The Labute approximate surface area is 166 Å². The van der Waals surface area contributed by atoms with Crippen LogP contribution in [-0.2, 0) is 27.6 Å². The smallest absolute Gasteiger partial charge is 0.475 e. The number of rotatable bonds is 4.